The molecule has 2 aromatic carbocycles. The maximum atomic E-state index is 4.98. The maximum absolute atomic E-state index is 4.98. The molecule has 1 aromatic heterocycles. The van der Waals surface area contributed by atoms with Gasteiger partial charge in [0.25, 0.3) is 0 Å². The Bertz CT molecular complexity index is 821. The van der Waals surface area contributed by atoms with Gasteiger partial charge in [0.05, 0.1) is 5.69 Å². The van der Waals surface area contributed by atoms with Gasteiger partial charge < -0.3 is 0 Å². The van der Waals surface area contributed by atoms with E-state index in [2.05, 4.69) is 77.2 Å². The fraction of sp³-hybridized carbons (Fsp3) is 0.318. The molecule has 0 atom stereocenters. The van der Waals surface area contributed by atoms with Crippen molar-refractivity contribution in [2.24, 2.45) is 0 Å². The first-order valence-corrected chi connectivity index (χ1v) is 9.25. The highest BCUT2D eigenvalue weighted by Crippen LogP contribution is 2.30. The molecule has 1 aliphatic rings. The first kappa shape index (κ1) is 16.1. The van der Waals surface area contributed by atoms with Gasteiger partial charge in [-0.25, -0.2) is 0 Å². The van der Waals surface area contributed by atoms with Crippen LogP contribution < -0.4 is 0 Å². The van der Waals surface area contributed by atoms with Gasteiger partial charge in [-0.05, 0) is 12.0 Å². The summed E-state index contributed by atoms with van der Waals surface area (Å²) in [6.45, 7) is 6.33. The van der Waals surface area contributed by atoms with Gasteiger partial charge in [0.2, 0.25) is 0 Å². The number of nitrogens with zero attached hydrogens (tertiary/aromatic N) is 3. The van der Waals surface area contributed by atoms with Crippen molar-refractivity contribution in [1.82, 2.24) is 14.7 Å². The lowest BCUT2D eigenvalue weighted by Crippen LogP contribution is -2.30. The van der Waals surface area contributed by atoms with Crippen LogP contribution >= 0.6 is 0 Å². The van der Waals surface area contributed by atoms with Crippen molar-refractivity contribution < 1.29 is 0 Å². The fourth-order valence-electron chi connectivity index (χ4n) is 3.75. The van der Waals surface area contributed by atoms with Gasteiger partial charge in [0.15, 0.2) is 0 Å². The Labute approximate surface area is 149 Å². The quantitative estimate of drug-likeness (QED) is 0.685. The third-order valence-corrected chi connectivity index (χ3v) is 4.94. The van der Waals surface area contributed by atoms with Crippen LogP contribution in [0.5, 0.6) is 0 Å². The van der Waals surface area contributed by atoms with E-state index in [0.29, 0.717) is 0 Å². The molecule has 1 aliphatic heterocycles. The van der Waals surface area contributed by atoms with E-state index in [0.717, 1.165) is 39.0 Å². The van der Waals surface area contributed by atoms with Crippen molar-refractivity contribution >= 4 is 0 Å². The molecule has 3 heteroatoms. The van der Waals surface area contributed by atoms with E-state index in [1.807, 2.05) is 0 Å². The molecule has 128 valence electrons. The van der Waals surface area contributed by atoms with Gasteiger partial charge in [-0.2, -0.15) is 5.10 Å². The van der Waals surface area contributed by atoms with Crippen LogP contribution in [0.1, 0.15) is 30.2 Å². The summed E-state index contributed by atoms with van der Waals surface area (Å²) in [5.74, 6) is 0. The van der Waals surface area contributed by atoms with Crippen LogP contribution in [0.15, 0.2) is 60.7 Å². The Hall–Kier alpha value is -2.39. The molecule has 0 N–H and O–H groups in total. The lowest BCUT2D eigenvalue weighted by Gasteiger charge is -2.28. The Kier molecular flexibility index (Phi) is 4.66. The second kappa shape index (κ2) is 7.24. The summed E-state index contributed by atoms with van der Waals surface area (Å²) < 4.78 is 2.25. The molecular formula is C22H25N3. The van der Waals surface area contributed by atoms with Crippen molar-refractivity contribution in [3.8, 4) is 11.3 Å². The van der Waals surface area contributed by atoms with Gasteiger partial charge in [-0.3, -0.25) is 9.58 Å². The van der Waals surface area contributed by atoms with Gasteiger partial charge in [0.1, 0.15) is 0 Å². The zero-order chi connectivity index (χ0) is 17.1. The van der Waals surface area contributed by atoms with Crippen molar-refractivity contribution in [2.75, 3.05) is 6.54 Å². The number of hydrogen-bond donors (Lipinski definition) is 0. The highest BCUT2D eigenvalue weighted by Gasteiger charge is 2.25. The van der Waals surface area contributed by atoms with Crippen LogP contribution in [0, 0.1) is 0 Å². The predicted molar refractivity (Wildman–Crippen MR) is 102 cm³/mol. The number of fused-ring (bicyclic) bond motifs is 1. The molecule has 0 bridgehead atoms. The lowest BCUT2D eigenvalue weighted by molar-refractivity contribution is 0.242. The summed E-state index contributed by atoms with van der Waals surface area (Å²) in [7, 11) is 0. The molecule has 0 spiro atoms. The monoisotopic (exact) mass is 331 g/mol. The highest BCUT2D eigenvalue weighted by atomic mass is 15.3. The van der Waals surface area contributed by atoms with E-state index >= 15 is 0 Å². The molecule has 3 nitrogen and oxygen atoms in total. The number of aryl methyl sites for hydroxylation is 1. The van der Waals surface area contributed by atoms with E-state index in [1.165, 1.54) is 28.1 Å². The molecule has 0 fully saturated rings. The molecular weight excluding hydrogens is 306 g/mol. The lowest BCUT2D eigenvalue weighted by atomic mass is 10.0. The minimum atomic E-state index is 0.984. The third kappa shape index (κ3) is 3.38. The fourth-order valence-corrected chi connectivity index (χ4v) is 3.75. The Morgan fingerprint density at radius 2 is 1.68 bits per heavy atom. The smallest absolute Gasteiger partial charge is 0.0971 e. The molecule has 25 heavy (non-hydrogen) atoms. The summed E-state index contributed by atoms with van der Waals surface area (Å²) in [6.07, 6.45) is 2.21. The molecule has 0 radical (unpaired) electrons. The van der Waals surface area contributed by atoms with Crippen molar-refractivity contribution in [2.45, 2.75) is 39.4 Å². The standard InChI is InChI=1S/C22H25N3/c1-2-14-25-21-13-15-24(16-18-9-5-3-6-10-18)17-20(21)22(23-25)19-11-7-4-8-12-19/h3-12H,2,13-17H2,1H3. The van der Waals surface area contributed by atoms with Crippen LogP contribution in [-0.2, 0) is 26.1 Å². The normalized spacial score (nSPS) is 14.4. The van der Waals surface area contributed by atoms with Crippen LogP contribution in [0.25, 0.3) is 11.3 Å². The molecule has 0 saturated heterocycles. The molecule has 0 aliphatic carbocycles. The number of hydrogen-bond acceptors (Lipinski definition) is 2. The molecule has 0 unspecified atom stereocenters. The highest BCUT2D eigenvalue weighted by molar-refractivity contribution is 5.64. The van der Waals surface area contributed by atoms with Crippen LogP contribution in [0.4, 0.5) is 0 Å². The molecule has 3 aromatic rings. The zero-order valence-corrected chi connectivity index (χ0v) is 14.9. The Morgan fingerprint density at radius 1 is 0.960 bits per heavy atom. The predicted octanol–water partition coefficient (Wildman–Crippen LogP) is 4.52. The van der Waals surface area contributed by atoms with Crippen molar-refractivity contribution in [1.29, 1.82) is 0 Å². The summed E-state index contributed by atoms with van der Waals surface area (Å²) in [6, 6.07) is 21.4. The topological polar surface area (TPSA) is 21.1 Å². The van der Waals surface area contributed by atoms with Gasteiger partial charge in [-0.1, -0.05) is 67.6 Å². The molecule has 0 amide bonds. The molecule has 4 rings (SSSR count). The minimum Gasteiger partial charge on any atom is -0.294 e. The SMILES string of the molecule is CCCn1nc(-c2ccccc2)c2c1CCN(Cc1ccccc1)C2. The average Bonchev–Trinajstić information content (AvgIpc) is 3.02. The Morgan fingerprint density at radius 3 is 2.40 bits per heavy atom. The van der Waals surface area contributed by atoms with Crippen LogP contribution in [0.3, 0.4) is 0 Å². The Balaban J connectivity index is 1.65. The van der Waals surface area contributed by atoms with Crippen LogP contribution in [0.2, 0.25) is 0 Å². The zero-order valence-electron chi connectivity index (χ0n) is 14.9. The summed E-state index contributed by atoms with van der Waals surface area (Å²) >= 11 is 0. The van der Waals surface area contributed by atoms with E-state index in [-0.39, 0.29) is 0 Å². The molecule has 0 saturated carbocycles. The van der Waals surface area contributed by atoms with E-state index in [1.54, 1.807) is 0 Å². The first-order chi connectivity index (χ1) is 12.3. The van der Waals surface area contributed by atoms with Gasteiger partial charge in [0, 0.05) is 49.4 Å². The van der Waals surface area contributed by atoms with Gasteiger partial charge >= 0.3 is 0 Å². The number of aromatic nitrogens is 2. The number of rotatable bonds is 5. The largest absolute Gasteiger partial charge is 0.294 e. The maximum Gasteiger partial charge on any atom is 0.0971 e. The van der Waals surface area contributed by atoms with Crippen molar-refractivity contribution in [3.63, 3.8) is 0 Å². The average molecular weight is 331 g/mol. The second-order valence-electron chi connectivity index (χ2n) is 6.81. The molecule has 2 heterocycles. The number of benzene rings is 2. The summed E-state index contributed by atoms with van der Waals surface area (Å²) in [4.78, 5) is 2.54. The van der Waals surface area contributed by atoms with Gasteiger partial charge in [-0.15, -0.1) is 0 Å². The van der Waals surface area contributed by atoms with Crippen molar-refractivity contribution in [3.05, 3.63) is 77.5 Å². The minimum absolute atomic E-state index is 0.984. The van der Waals surface area contributed by atoms with E-state index in [9.17, 15) is 0 Å². The van der Waals surface area contributed by atoms with E-state index in [4.69, 9.17) is 5.10 Å². The van der Waals surface area contributed by atoms with E-state index < -0.39 is 0 Å². The summed E-state index contributed by atoms with van der Waals surface area (Å²) in [5, 5.41) is 4.98. The third-order valence-electron chi connectivity index (χ3n) is 4.94. The first-order valence-electron chi connectivity index (χ1n) is 9.25. The van der Waals surface area contributed by atoms with Crippen LogP contribution in [-0.4, -0.2) is 21.2 Å². The second-order valence-corrected chi connectivity index (χ2v) is 6.81. The summed E-state index contributed by atoms with van der Waals surface area (Å²) in [5.41, 5.74) is 6.64.